The number of carbonyl (C=O) groups is 1. The van der Waals surface area contributed by atoms with Gasteiger partial charge in [-0.05, 0) is 38.0 Å². The number of sulfonamides is 1. The van der Waals surface area contributed by atoms with Gasteiger partial charge in [-0.1, -0.05) is 15.9 Å². The Balaban J connectivity index is 2.25. The van der Waals surface area contributed by atoms with E-state index in [-0.39, 0.29) is 16.4 Å². The van der Waals surface area contributed by atoms with Gasteiger partial charge in [-0.3, -0.25) is 4.79 Å². The molecule has 0 aromatic heterocycles. The third kappa shape index (κ3) is 4.26. The maximum absolute atomic E-state index is 12.3. The van der Waals surface area contributed by atoms with Crippen molar-refractivity contribution in [3.8, 4) is 0 Å². The van der Waals surface area contributed by atoms with E-state index in [1.807, 2.05) is 6.92 Å². The van der Waals surface area contributed by atoms with Crippen LogP contribution in [0.5, 0.6) is 0 Å². The van der Waals surface area contributed by atoms with Gasteiger partial charge >= 0.3 is 0 Å². The number of ether oxygens (including phenoxy) is 1. The Morgan fingerprint density at radius 1 is 1.43 bits per heavy atom. The molecule has 1 aliphatic heterocycles. The summed E-state index contributed by atoms with van der Waals surface area (Å²) in [5.74, 6) is -0.353. The summed E-state index contributed by atoms with van der Waals surface area (Å²) in [4.78, 5) is 12.2. The molecule has 6 nitrogen and oxygen atoms in total. The van der Waals surface area contributed by atoms with Crippen LogP contribution >= 0.6 is 15.9 Å². The molecule has 1 heterocycles. The molecular weight excluding hydrogens is 360 g/mol. The van der Waals surface area contributed by atoms with Gasteiger partial charge in [-0.2, -0.15) is 0 Å². The standard InChI is InChI=1S/C13H17BrN2O4S/c1-13(3-2-4-20-8-13)16-12(17)9-5-10(14)7-11(6-9)21(15,18)19/h5-7H,2-4,8H2,1H3,(H,16,17)(H2,15,18,19). The minimum Gasteiger partial charge on any atom is -0.379 e. The number of hydrogen-bond donors (Lipinski definition) is 2. The first-order chi connectivity index (χ1) is 9.70. The van der Waals surface area contributed by atoms with Crippen LogP contribution in [0.2, 0.25) is 0 Å². The summed E-state index contributed by atoms with van der Waals surface area (Å²) in [6.45, 7) is 3.04. The summed E-state index contributed by atoms with van der Waals surface area (Å²) in [5.41, 5.74) is -0.209. The first-order valence-electron chi connectivity index (χ1n) is 6.43. The van der Waals surface area contributed by atoms with Gasteiger partial charge in [0, 0.05) is 16.6 Å². The van der Waals surface area contributed by atoms with Crippen molar-refractivity contribution in [2.45, 2.75) is 30.2 Å². The van der Waals surface area contributed by atoms with E-state index >= 15 is 0 Å². The molecule has 0 radical (unpaired) electrons. The quantitative estimate of drug-likeness (QED) is 0.832. The first kappa shape index (κ1) is 16.4. The molecule has 2 rings (SSSR count). The number of nitrogens with two attached hydrogens (primary N) is 1. The molecular formula is C13H17BrN2O4S. The summed E-state index contributed by atoms with van der Waals surface area (Å²) >= 11 is 3.19. The Labute approximate surface area is 132 Å². The number of hydrogen-bond acceptors (Lipinski definition) is 4. The second kappa shape index (κ2) is 6.04. The van der Waals surface area contributed by atoms with Crippen LogP contribution in [0.1, 0.15) is 30.1 Å². The topological polar surface area (TPSA) is 98.5 Å². The molecule has 0 aliphatic carbocycles. The fraction of sp³-hybridized carbons (Fsp3) is 0.462. The fourth-order valence-corrected chi connectivity index (χ4v) is 3.46. The van der Waals surface area contributed by atoms with Crippen LogP contribution in [0.25, 0.3) is 0 Å². The monoisotopic (exact) mass is 376 g/mol. The van der Waals surface area contributed by atoms with Crippen molar-refractivity contribution in [1.29, 1.82) is 0 Å². The van der Waals surface area contributed by atoms with Gasteiger partial charge in [-0.15, -0.1) is 0 Å². The first-order valence-corrected chi connectivity index (χ1v) is 8.77. The van der Waals surface area contributed by atoms with Gasteiger partial charge in [-0.25, -0.2) is 13.6 Å². The summed E-state index contributed by atoms with van der Waals surface area (Å²) in [6, 6.07) is 4.18. The molecule has 0 saturated carbocycles. The predicted octanol–water partition coefficient (Wildman–Crippen LogP) is 1.40. The molecule has 1 aromatic carbocycles. The third-order valence-electron chi connectivity index (χ3n) is 3.32. The Hall–Kier alpha value is -0.960. The molecule has 0 spiro atoms. The maximum Gasteiger partial charge on any atom is 0.251 e. The Kier molecular flexibility index (Phi) is 4.72. The molecule has 1 aliphatic rings. The lowest BCUT2D eigenvalue weighted by atomic mass is 9.94. The molecule has 1 atom stereocenters. The van der Waals surface area contributed by atoms with Crippen LogP contribution in [0.15, 0.2) is 27.6 Å². The Morgan fingerprint density at radius 3 is 2.71 bits per heavy atom. The largest absolute Gasteiger partial charge is 0.379 e. The van der Waals surface area contributed by atoms with E-state index in [0.717, 1.165) is 12.8 Å². The average molecular weight is 377 g/mol. The average Bonchev–Trinajstić information content (AvgIpc) is 2.37. The van der Waals surface area contributed by atoms with E-state index in [0.29, 0.717) is 17.7 Å². The molecule has 8 heteroatoms. The lowest BCUT2D eigenvalue weighted by Crippen LogP contribution is -2.51. The van der Waals surface area contributed by atoms with Crippen molar-refractivity contribution >= 4 is 31.9 Å². The van der Waals surface area contributed by atoms with Crippen molar-refractivity contribution in [3.05, 3.63) is 28.2 Å². The zero-order valence-corrected chi connectivity index (χ0v) is 14.0. The van der Waals surface area contributed by atoms with E-state index in [9.17, 15) is 13.2 Å². The zero-order chi connectivity index (χ0) is 15.7. The van der Waals surface area contributed by atoms with Crippen molar-refractivity contribution in [2.24, 2.45) is 5.14 Å². The van der Waals surface area contributed by atoms with Crippen LogP contribution in [0.4, 0.5) is 0 Å². The molecule has 1 aromatic rings. The van der Waals surface area contributed by atoms with Crippen LogP contribution in [0, 0.1) is 0 Å². The van der Waals surface area contributed by atoms with E-state index in [2.05, 4.69) is 21.2 Å². The van der Waals surface area contributed by atoms with E-state index in [1.54, 1.807) is 6.07 Å². The number of primary sulfonamides is 1. The highest BCUT2D eigenvalue weighted by molar-refractivity contribution is 9.10. The van der Waals surface area contributed by atoms with Crippen LogP contribution in [-0.4, -0.2) is 33.1 Å². The molecule has 1 amide bonds. The molecule has 21 heavy (non-hydrogen) atoms. The number of benzene rings is 1. The van der Waals surface area contributed by atoms with E-state index < -0.39 is 15.6 Å². The highest BCUT2D eigenvalue weighted by Gasteiger charge is 2.30. The second-order valence-electron chi connectivity index (χ2n) is 5.39. The van der Waals surface area contributed by atoms with Crippen molar-refractivity contribution in [3.63, 3.8) is 0 Å². The van der Waals surface area contributed by atoms with Gasteiger partial charge in [0.15, 0.2) is 0 Å². The third-order valence-corrected chi connectivity index (χ3v) is 4.67. The number of carbonyl (C=O) groups excluding carboxylic acids is 1. The SMILES string of the molecule is CC1(NC(=O)c2cc(Br)cc(S(N)(=O)=O)c2)CCCOC1. The fourth-order valence-electron chi connectivity index (χ4n) is 2.24. The number of nitrogens with one attached hydrogen (secondary N) is 1. The van der Waals surface area contributed by atoms with Gasteiger partial charge in [0.1, 0.15) is 0 Å². The number of rotatable bonds is 3. The van der Waals surface area contributed by atoms with E-state index in [1.165, 1.54) is 12.1 Å². The summed E-state index contributed by atoms with van der Waals surface area (Å²) in [6.07, 6.45) is 1.69. The van der Waals surface area contributed by atoms with Gasteiger partial charge < -0.3 is 10.1 Å². The van der Waals surface area contributed by atoms with Crippen molar-refractivity contribution in [1.82, 2.24) is 5.32 Å². The number of amides is 1. The molecule has 1 unspecified atom stereocenters. The second-order valence-corrected chi connectivity index (χ2v) is 7.87. The molecule has 1 fully saturated rings. The molecule has 1 saturated heterocycles. The van der Waals surface area contributed by atoms with E-state index in [4.69, 9.17) is 9.88 Å². The van der Waals surface area contributed by atoms with Crippen LogP contribution in [-0.2, 0) is 14.8 Å². The summed E-state index contributed by atoms with van der Waals surface area (Å²) in [5, 5.41) is 8.00. The normalized spacial score (nSPS) is 22.8. The molecule has 116 valence electrons. The highest BCUT2D eigenvalue weighted by Crippen LogP contribution is 2.22. The van der Waals surface area contributed by atoms with Crippen molar-refractivity contribution in [2.75, 3.05) is 13.2 Å². The number of halogens is 1. The minimum absolute atomic E-state index is 0.105. The van der Waals surface area contributed by atoms with Crippen molar-refractivity contribution < 1.29 is 17.9 Å². The summed E-state index contributed by atoms with van der Waals surface area (Å²) < 4.78 is 28.7. The van der Waals surface area contributed by atoms with Gasteiger partial charge in [0.25, 0.3) is 5.91 Å². The maximum atomic E-state index is 12.3. The van der Waals surface area contributed by atoms with Crippen LogP contribution < -0.4 is 10.5 Å². The molecule has 0 bridgehead atoms. The lowest BCUT2D eigenvalue weighted by Gasteiger charge is -2.34. The Morgan fingerprint density at radius 2 is 2.14 bits per heavy atom. The van der Waals surface area contributed by atoms with Gasteiger partial charge in [0.2, 0.25) is 10.0 Å². The lowest BCUT2D eigenvalue weighted by molar-refractivity contribution is 0.0272. The van der Waals surface area contributed by atoms with Gasteiger partial charge in [0.05, 0.1) is 17.0 Å². The highest BCUT2D eigenvalue weighted by atomic mass is 79.9. The molecule has 3 N–H and O–H groups in total. The Bertz CT molecular complexity index is 654. The summed E-state index contributed by atoms with van der Waals surface area (Å²) in [7, 11) is -3.86. The smallest absolute Gasteiger partial charge is 0.251 e. The van der Waals surface area contributed by atoms with Crippen LogP contribution in [0.3, 0.4) is 0 Å². The minimum atomic E-state index is -3.86. The predicted molar refractivity (Wildman–Crippen MR) is 81.4 cm³/mol. The zero-order valence-electron chi connectivity index (χ0n) is 11.6.